The SMILES string of the molecule is CCN=[S@@](C)(=O)C(C)C. The second-order valence-corrected chi connectivity index (χ2v) is 5.28. The molecule has 0 spiro atoms. The lowest BCUT2D eigenvalue weighted by atomic mass is 10.6. The predicted molar refractivity (Wildman–Crippen MR) is 42.2 cm³/mol. The number of hydrogen-bond donors (Lipinski definition) is 0. The summed E-state index contributed by atoms with van der Waals surface area (Å²) in [4.78, 5) is 0. The normalized spacial score (nSPS) is 17.4. The van der Waals surface area contributed by atoms with E-state index in [1.165, 1.54) is 0 Å². The number of rotatable bonds is 2. The second-order valence-electron chi connectivity index (χ2n) is 2.36. The van der Waals surface area contributed by atoms with Crippen molar-refractivity contribution in [3.63, 3.8) is 0 Å². The van der Waals surface area contributed by atoms with E-state index in [0.29, 0.717) is 6.54 Å². The largest absolute Gasteiger partial charge is 0.250 e. The lowest BCUT2D eigenvalue weighted by Crippen LogP contribution is -2.11. The molecular formula is C6H15NOS. The molecule has 0 bridgehead atoms. The predicted octanol–water partition coefficient (Wildman–Crippen LogP) is 1.51. The van der Waals surface area contributed by atoms with Gasteiger partial charge in [0.05, 0.1) is 0 Å². The Kier molecular flexibility index (Phi) is 3.18. The molecule has 0 aliphatic rings. The monoisotopic (exact) mass is 149 g/mol. The summed E-state index contributed by atoms with van der Waals surface area (Å²) in [7, 11) is -1.87. The fraction of sp³-hybridized carbons (Fsp3) is 1.00. The molecule has 0 aromatic rings. The maximum atomic E-state index is 11.3. The molecule has 0 aromatic heterocycles. The Morgan fingerprint density at radius 3 is 2.11 bits per heavy atom. The first-order valence-corrected chi connectivity index (χ1v) is 5.16. The third-order valence-electron chi connectivity index (χ3n) is 1.26. The van der Waals surface area contributed by atoms with Gasteiger partial charge < -0.3 is 0 Å². The zero-order chi connectivity index (χ0) is 7.49. The van der Waals surface area contributed by atoms with Gasteiger partial charge in [-0.15, -0.1) is 0 Å². The minimum atomic E-state index is -1.87. The van der Waals surface area contributed by atoms with Crippen LogP contribution in [0, 0.1) is 0 Å². The first-order valence-electron chi connectivity index (χ1n) is 3.17. The van der Waals surface area contributed by atoms with Gasteiger partial charge in [-0.05, 0) is 6.92 Å². The molecule has 1 atom stereocenters. The van der Waals surface area contributed by atoms with Crippen molar-refractivity contribution >= 4 is 9.73 Å². The molecule has 0 unspecified atom stereocenters. The van der Waals surface area contributed by atoms with E-state index >= 15 is 0 Å². The average molecular weight is 149 g/mol. The molecule has 0 aliphatic carbocycles. The summed E-state index contributed by atoms with van der Waals surface area (Å²) in [6, 6.07) is 0. The van der Waals surface area contributed by atoms with Crippen LogP contribution in [0.25, 0.3) is 0 Å². The van der Waals surface area contributed by atoms with Gasteiger partial charge in [-0.3, -0.25) is 0 Å². The van der Waals surface area contributed by atoms with Gasteiger partial charge in [-0.1, -0.05) is 13.8 Å². The second kappa shape index (κ2) is 3.20. The van der Waals surface area contributed by atoms with E-state index in [0.717, 1.165) is 0 Å². The van der Waals surface area contributed by atoms with E-state index in [1.807, 2.05) is 20.8 Å². The zero-order valence-electron chi connectivity index (χ0n) is 6.55. The molecule has 3 heteroatoms. The number of nitrogens with zero attached hydrogens (tertiary/aromatic N) is 1. The maximum Gasteiger partial charge on any atom is 0.0462 e. The average Bonchev–Trinajstić information content (AvgIpc) is 1.65. The van der Waals surface area contributed by atoms with Gasteiger partial charge in [-0.25, -0.2) is 8.57 Å². The maximum absolute atomic E-state index is 11.3. The van der Waals surface area contributed by atoms with Crippen LogP contribution in [0.5, 0.6) is 0 Å². The van der Waals surface area contributed by atoms with Crippen molar-refractivity contribution in [2.45, 2.75) is 26.0 Å². The minimum Gasteiger partial charge on any atom is -0.250 e. The lowest BCUT2D eigenvalue weighted by Gasteiger charge is -2.05. The van der Waals surface area contributed by atoms with E-state index < -0.39 is 9.73 Å². The van der Waals surface area contributed by atoms with Crippen LogP contribution in [0.4, 0.5) is 0 Å². The molecule has 2 nitrogen and oxygen atoms in total. The van der Waals surface area contributed by atoms with Crippen molar-refractivity contribution in [1.29, 1.82) is 0 Å². The van der Waals surface area contributed by atoms with Crippen LogP contribution in [0.15, 0.2) is 4.36 Å². The molecule has 0 radical (unpaired) electrons. The third kappa shape index (κ3) is 2.84. The van der Waals surface area contributed by atoms with Crippen LogP contribution in [-0.2, 0) is 9.73 Å². The summed E-state index contributed by atoms with van der Waals surface area (Å²) in [6.45, 7) is 6.43. The Bertz CT molecular complexity index is 177. The van der Waals surface area contributed by atoms with Crippen molar-refractivity contribution in [1.82, 2.24) is 0 Å². The summed E-state index contributed by atoms with van der Waals surface area (Å²) in [5.41, 5.74) is 0. The molecule has 56 valence electrons. The van der Waals surface area contributed by atoms with E-state index in [-0.39, 0.29) is 5.25 Å². The standard InChI is InChI=1S/C6H15NOS/c1-5-7-9(4,8)6(2)3/h6H,5H2,1-4H3/t9-/m0/s1. The minimum absolute atomic E-state index is 0.178. The molecular weight excluding hydrogens is 134 g/mol. The summed E-state index contributed by atoms with van der Waals surface area (Å²) >= 11 is 0. The van der Waals surface area contributed by atoms with E-state index in [9.17, 15) is 4.21 Å². The van der Waals surface area contributed by atoms with Crippen LogP contribution < -0.4 is 0 Å². The fourth-order valence-electron chi connectivity index (χ4n) is 0.405. The Balaban J connectivity index is 4.39. The Morgan fingerprint density at radius 2 is 2.00 bits per heavy atom. The van der Waals surface area contributed by atoms with Gasteiger partial charge in [0.1, 0.15) is 0 Å². The molecule has 0 aromatic carbocycles. The van der Waals surface area contributed by atoms with Crippen molar-refractivity contribution in [3.8, 4) is 0 Å². The van der Waals surface area contributed by atoms with E-state index in [2.05, 4.69) is 4.36 Å². The molecule has 0 saturated heterocycles. The highest BCUT2D eigenvalue weighted by atomic mass is 32.2. The van der Waals surface area contributed by atoms with Crippen molar-refractivity contribution < 1.29 is 4.21 Å². The van der Waals surface area contributed by atoms with Gasteiger partial charge in [0.2, 0.25) is 0 Å². The van der Waals surface area contributed by atoms with Crippen LogP contribution >= 0.6 is 0 Å². The van der Waals surface area contributed by atoms with Crippen LogP contribution in [0.3, 0.4) is 0 Å². The molecule has 0 rings (SSSR count). The van der Waals surface area contributed by atoms with Gasteiger partial charge in [-0.2, -0.15) is 0 Å². The lowest BCUT2D eigenvalue weighted by molar-refractivity contribution is 0.672. The molecule has 0 aliphatic heterocycles. The van der Waals surface area contributed by atoms with Crippen LogP contribution in [-0.4, -0.2) is 22.3 Å². The van der Waals surface area contributed by atoms with Gasteiger partial charge in [0.25, 0.3) is 0 Å². The van der Waals surface area contributed by atoms with Crippen molar-refractivity contribution in [3.05, 3.63) is 0 Å². The summed E-state index contributed by atoms with van der Waals surface area (Å²) in [6.07, 6.45) is 1.71. The molecule has 0 saturated carbocycles. The molecule has 9 heavy (non-hydrogen) atoms. The summed E-state index contributed by atoms with van der Waals surface area (Å²) in [5, 5.41) is 0.178. The third-order valence-corrected chi connectivity index (χ3v) is 3.78. The highest BCUT2D eigenvalue weighted by Crippen LogP contribution is 1.99. The highest BCUT2D eigenvalue weighted by molar-refractivity contribution is 7.93. The zero-order valence-corrected chi connectivity index (χ0v) is 7.36. The Hall–Kier alpha value is -0.0500. The summed E-state index contributed by atoms with van der Waals surface area (Å²) in [5.74, 6) is 0. The Morgan fingerprint density at radius 1 is 1.56 bits per heavy atom. The quantitative estimate of drug-likeness (QED) is 0.585. The molecule has 0 fully saturated rings. The van der Waals surface area contributed by atoms with Gasteiger partial charge in [0.15, 0.2) is 0 Å². The topological polar surface area (TPSA) is 29.4 Å². The van der Waals surface area contributed by atoms with Crippen molar-refractivity contribution in [2.75, 3.05) is 12.8 Å². The highest BCUT2D eigenvalue weighted by Gasteiger charge is 2.04. The van der Waals surface area contributed by atoms with Crippen molar-refractivity contribution in [2.24, 2.45) is 4.36 Å². The first kappa shape index (κ1) is 8.95. The van der Waals surface area contributed by atoms with E-state index in [1.54, 1.807) is 6.26 Å². The smallest absolute Gasteiger partial charge is 0.0462 e. The van der Waals surface area contributed by atoms with Gasteiger partial charge >= 0.3 is 0 Å². The molecule has 0 N–H and O–H groups in total. The summed E-state index contributed by atoms with van der Waals surface area (Å²) < 4.78 is 15.3. The number of hydrogen-bond acceptors (Lipinski definition) is 2. The van der Waals surface area contributed by atoms with Crippen LogP contribution in [0.1, 0.15) is 20.8 Å². The molecule has 0 heterocycles. The Labute approximate surface area is 57.8 Å². The fourth-order valence-corrected chi connectivity index (χ4v) is 1.22. The van der Waals surface area contributed by atoms with Crippen LogP contribution in [0.2, 0.25) is 0 Å². The first-order chi connectivity index (χ1) is 4.00. The van der Waals surface area contributed by atoms with E-state index in [4.69, 9.17) is 0 Å². The van der Waals surface area contributed by atoms with Gasteiger partial charge in [0, 0.05) is 27.8 Å². The molecule has 0 amide bonds.